The first kappa shape index (κ1) is 13.4. The molecule has 0 radical (unpaired) electrons. The first-order valence-electron chi connectivity index (χ1n) is 6.29. The third-order valence-corrected chi connectivity index (χ3v) is 4.65. The van der Waals surface area contributed by atoms with Crippen LogP contribution in [0.5, 0.6) is 0 Å². The van der Waals surface area contributed by atoms with Crippen molar-refractivity contribution >= 4 is 17.7 Å². The highest BCUT2D eigenvalue weighted by atomic mass is 32.2. The smallest absolute Gasteiger partial charge is 0.306 e. The van der Waals surface area contributed by atoms with Gasteiger partial charge in [0, 0.05) is 11.9 Å². The highest BCUT2D eigenvalue weighted by Crippen LogP contribution is 2.51. The van der Waals surface area contributed by atoms with Gasteiger partial charge in [0.05, 0.1) is 13.5 Å². The Morgan fingerprint density at radius 3 is 2.94 bits per heavy atom. The maximum Gasteiger partial charge on any atom is 0.306 e. The molecule has 1 heterocycles. The van der Waals surface area contributed by atoms with Crippen LogP contribution in [0, 0.1) is 5.41 Å². The molecule has 1 aliphatic carbocycles. The maximum atomic E-state index is 11.3. The predicted molar refractivity (Wildman–Crippen MR) is 73.6 cm³/mol. The summed E-state index contributed by atoms with van der Waals surface area (Å²) in [7, 11) is 1.46. The number of carbonyl (C=O) groups is 1. The Bertz CT molecular complexity index is 390. The Balaban J connectivity index is 1.65. The van der Waals surface area contributed by atoms with E-state index in [0.29, 0.717) is 6.42 Å². The number of hydrogen-bond acceptors (Lipinski definition) is 4. The van der Waals surface area contributed by atoms with Crippen LogP contribution in [0.15, 0.2) is 24.4 Å². The van der Waals surface area contributed by atoms with Crippen molar-refractivity contribution in [3.8, 4) is 0 Å². The molecule has 1 saturated carbocycles. The number of hydrogen-bond donors (Lipinski definition) is 0. The van der Waals surface area contributed by atoms with Gasteiger partial charge in [-0.2, -0.15) is 11.8 Å². The van der Waals surface area contributed by atoms with E-state index in [-0.39, 0.29) is 11.4 Å². The molecule has 0 bridgehead atoms. The maximum absolute atomic E-state index is 11.3. The monoisotopic (exact) mass is 265 g/mol. The minimum Gasteiger partial charge on any atom is -0.469 e. The molecule has 0 saturated heterocycles. The molecule has 0 aromatic carbocycles. The van der Waals surface area contributed by atoms with E-state index in [1.54, 1.807) is 0 Å². The number of pyridine rings is 1. The molecule has 1 fully saturated rings. The van der Waals surface area contributed by atoms with E-state index in [9.17, 15) is 4.79 Å². The number of thioether (sulfide) groups is 1. The van der Waals surface area contributed by atoms with Crippen molar-refractivity contribution in [1.82, 2.24) is 4.98 Å². The topological polar surface area (TPSA) is 39.2 Å². The van der Waals surface area contributed by atoms with Crippen molar-refractivity contribution in [2.45, 2.75) is 25.7 Å². The molecule has 18 heavy (non-hydrogen) atoms. The van der Waals surface area contributed by atoms with Gasteiger partial charge in [-0.05, 0) is 48.3 Å². The second kappa shape index (κ2) is 6.23. The summed E-state index contributed by atoms with van der Waals surface area (Å²) in [6.45, 7) is 0. The molecule has 0 spiro atoms. The van der Waals surface area contributed by atoms with Crippen molar-refractivity contribution in [3.63, 3.8) is 0 Å². The van der Waals surface area contributed by atoms with E-state index < -0.39 is 0 Å². The number of ether oxygens (including phenoxy) is 1. The molecular formula is C14H19NO2S. The third kappa shape index (κ3) is 4.02. The summed E-state index contributed by atoms with van der Waals surface area (Å²) in [6, 6.07) is 6.01. The van der Waals surface area contributed by atoms with Gasteiger partial charge in [0.1, 0.15) is 0 Å². The average molecular weight is 265 g/mol. The Labute approximate surface area is 112 Å². The minimum atomic E-state index is -0.0715. The van der Waals surface area contributed by atoms with Crippen LogP contribution < -0.4 is 0 Å². The number of esters is 1. The number of rotatable bonds is 7. The van der Waals surface area contributed by atoms with Crippen molar-refractivity contribution in [2.75, 3.05) is 18.6 Å². The Hall–Kier alpha value is -1.03. The van der Waals surface area contributed by atoms with Gasteiger partial charge in [-0.3, -0.25) is 9.78 Å². The number of methoxy groups -OCH3 is 1. The van der Waals surface area contributed by atoms with Crippen molar-refractivity contribution in [2.24, 2.45) is 5.41 Å². The number of aryl methyl sites for hydroxylation is 1. The molecule has 1 aromatic rings. The van der Waals surface area contributed by atoms with Gasteiger partial charge in [0.15, 0.2) is 0 Å². The number of nitrogens with zero attached hydrogens (tertiary/aromatic N) is 1. The lowest BCUT2D eigenvalue weighted by Gasteiger charge is -2.12. The van der Waals surface area contributed by atoms with Gasteiger partial charge >= 0.3 is 5.97 Å². The Kier molecular flexibility index (Phi) is 4.64. The highest BCUT2D eigenvalue weighted by Gasteiger charge is 2.44. The number of aromatic nitrogens is 1. The lowest BCUT2D eigenvalue weighted by Crippen LogP contribution is -2.13. The molecule has 3 nitrogen and oxygen atoms in total. The fraction of sp³-hybridized carbons (Fsp3) is 0.571. The fourth-order valence-corrected chi connectivity index (χ4v) is 3.26. The van der Waals surface area contributed by atoms with E-state index >= 15 is 0 Å². The summed E-state index contributed by atoms with van der Waals surface area (Å²) < 4.78 is 4.74. The second-order valence-corrected chi connectivity index (χ2v) is 5.98. The van der Waals surface area contributed by atoms with Crippen LogP contribution in [-0.2, 0) is 16.0 Å². The van der Waals surface area contributed by atoms with E-state index in [4.69, 9.17) is 4.74 Å². The van der Waals surface area contributed by atoms with Crippen molar-refractivity contribution < 1.29 is 9.53 Å². The SMILES string of the molecule is COC(=O)CC1(CSCCc2ccccn2)CC1. The fourth-order valence-electron chi connectivity index (χ4n) is 1.94. The zero-order chi connectivity index (χ0) is 12.8. The zero-order valence-electron chi connectivity index (χ0n) is 10.7. The second-order valence-electron chi connectivity index (χ2n) is 4.88. The van der Waals surface area contributed by atoms with Crippen molar-refractivity contribution in [3.05, 3.63) is 30.1 Å². The van der Waals surface area contributed by atoms with E-state index in [2.05, 4.69) is 11.1 Å². The van der Waals surface area contributed by atoms with Gasteiger partial charge in [-0.25, -0.2) is 0 Å². The Morgan fingerprint density at radius 1 is 1.50 bits per heavy atom. The average Bonchev–Trinajstić information content (AvgIpc) is 3.16. The first-order valence-corrected chi connectivity index (χ1v) is 7.44. The molecule has 0 aliphatic heterocycles. The number of carbonyl (C=O) groups excluding carboxylic acids is 1. The van der Waals surface area contributed by atoms with Crippen LogP contribution in [-0.4, -0.2) is 29.6 Å². The van der Waals surface area contributed by atoms with Gasteiger partial charge in [-0.1, -0.05) is 6.07 Å². The lowest BCUT2D eigenvalue weighted by molar-refractivity contribution is -0.141. The molecule has 4 heteroatoms. The third-order valence-electron chi connectivity index (χ3n) is 3.34. The van der Waals surface area contributed by atoms with Crippen LogP contribution in [0.3, 0.4) is 0 Å². The van der Waals surface area contributed by atoms with E-state index in [1.165, 1.54) is 20.0 Å². The summed E-state index contributed by atoms with van der Waals surface area (Å²) in [6.07, 6.45) is 5.75. The molecular weight excluding hydrogens is 246 g/mol. The van der Waals surface area contributed by atoms with Crippen LogP contribution in [0.2, 0.25) is 0 Å². The van der Waals surface area contributed by atoms with Gasteiger partial charge < -0.3 is 4.74 Å². The molecule has 0 N–H and O–H groups in total. The summed E-state index contributed by atoms with van der Waals surface area (Å²) in [5.74, 6) is 2.06. The van der Waals surface area contributed by atoms with Gasteiger partial charge in [0.25, 0.3) is 0 Å². The largest absolute Gasteiger partial charge is 0.469 e. The molecule has 2 rings (SSSR count). The van der Waals surface area contributed by atoms with Gasteiger partial charge in [-0.15, -0.1) is 0 Å². The Morgan fingerprint density at radius 2 is 2.33 bits per heavy atom. The minimum absolute atomic E-state index is 0.0715. The van der Waals surface area contributed by atoms with E-state index in [1.807, 2.05) is 30.1 Å². The zero-order valence-corrected chi connectivity index (χ0v) is 11.5. The summed E-state index contributed by atoms with van der Waals surface area (Å²) in [4.78, 5) is 15.6. The molecule has 1 aromatic heterocycles. The molecule has 0 amide bonds. The first-order chi connectivity index (χ1) is 8.74. The quantitative estimate of drug-likeness (QED) is 0.561. The molecule has 1 aliphatic rings. The molecule has 0 unspecified atom stereocenters. The van der Waals surface area contributed by atoms with Crippen LogP contribution in [0.4, 0.5) is 0 Å². The van der Waals surface area contributed by atoms with Crippen LogP contribution in [0.25, 0.3) is 0 Å². The normalized spacial score (nSPS) is 16.3. The van der Waals surface area contributed by atoms with Crippen LogP contribution in [0.1, 0.15) is 25.0 Å². The highest BCUT2D eigenvalue weighted by molar-refractivity contribution is 7.99. The summed E-state index contributed by atoms with van der Waals surface area (Å²) in [5, 5.41) is 0. The summed E-state index contributed by atoms with van der Waals surface area (Å²) in [5.41, 5.74) is 1.38. The molecule has 0 atom stereocenters. The van der Waals surface area contributed by atoms with Crippen LogP contribution >= 0.6 is 11.8 Å². The van der Waals surface area contributed by atoms with Crippen molar-refractivity contribution in [1.29, 1.82) is 0 Å². The molecule has 98 valence electrons. The summed E-state index contributed by atoms with van der Waals surface area (Å²) >= 11 is 1.92. The van der Waals surface area contributed by atoms with E-state index in [0.717, 1.165) is 23.6 Å². The standard InChI is InChI=1S/C14H19NO2S/c1-17-13(16)10-14(6-7-14)11-18-9-5-12-4-2-3-8-15-12/h2-4,8H,5-7,9-11H2,1H3. The lowest BCUT2D eigenvalue weighted by atomic mass is 10.1. The van der Waals surface area contributed by atoms with Gasteiger partial charge in [0.2, 0.25) is 0 Å². The predicted octanol–water partition coefficient (Wildman–Crippen LogP) is 2.70.